The van der Waals surface area contributed by atoms with Gasteiger partial charge in [-0.25, -0.2) is 18.0 Å². The zero-order chi connectivity index (χ0) is 20.8. The summed E-state index contributed by atoms with van der Waals surface area (Å²) in [6, 6.07) is 5.17. The summed E-state index contributed by atoms with van der Waals surface area (Å²) in [6.07, 6.45) is -1.46. The molecule has 6 nitrogen and oxygen atoms in total. The minimum absolute atomic E-state index is 0.0269. The first-order valence-electron chi connectivity index (χ1n) is 8.53. The van der Waals surface area contributed by atoms with Gasteiger partial charge in [0.2, 0.25) is 18.3 Å². The highest BCUT2D eigenvalue weighted by Crippen LogP contribution is 2.26. The highest BCUT2D eigenvalue weighted by molar-refractivity contribution is 7.86. The standard InChI is InChI=1S/C16H15ClF2N4O2S.C2H6/c1-8-11(6-14(18)19)15(25-2)22-16(21-8)23-26(24)13-7-20-12-5-9(17)3-4-10(12)13;1-2/h3-5,7,14,20H,6H2,1-2H3,(H,21,22,23);1-2H3. The van der Waals surface area contributed by atoms with Crippen LogP contribution in [0.4, 0.5) is 14.7 Å². The Morgan fingerprint density at radius 3 is 2.68 bits per heavy atom. The fourth-order valence-corrected chi connectivity index (χ4v) is 3.62. The van der Waals surface area contributed by atoms with Gasteiger partial charge in [0.05, 0.1) is 17.7 Å². The Morgan fingerprint density at radius 1 is 1.32 bits per heavy atom. The lowest BCUT2D eigenvalue weighted by atomic mass is 10.2. The molecule has 0 saturated heterocycles. The normalized spacial score (nSPS) is 11.9. The summed E-state index contributed by atoms with van der Waals surface area (Å²) in [4.78, 5) is 11.7. The molecule has 2 N–H and O–H groups in total. The van der Waals surface area contributed by atoms with Crippen molar-refractivity contribution in [2.75, 3.05) is 11.8 Å². The first kappa shape index (κ1) is 22.0. The van der Waals surface area contributed by atoms with E-state index >= 15 is 0 Å². The van der Waals surface area contributed by atoms with Gasteiger partial charge in [-0.1, -0.05) is 31.5 Å². The highest BCUT2D eigenvalue weighted by Gasteiger charge is 2.18. The van der Waals surface area contributed by atoms with E-state index in [2.05, 4.69) is 19.7 Å². The molecular weight excluding hydrogens is 410 g/mol. The maximum Gasteiger partial charge on any atom is 0.242 e. The van der Waals surface area contributed by atoms with E-state index in [4.69, 9.17) is 16.3 Å². The van der Waals surface area contributed by atoms with Crippen LogP contribution in [0.15, 0.2) is 29.3 Å². The van der Waals surface area contributed by atoms with Crippen molar-refractivity contribution in [1.82, 2.24) is 15.0 Å². The summed E-state index contributed by atoms with van der Waals surface area (Å²) in [5.41, 5.74) is 1.30. The van der Waals surface area contributed by atoms with E-state index in [-0.39, 0.29) is 17.4 Å². The summed E-state index contributed by atoms with van der Waals surface area (Å²) in [5, 5.41) is 1.29. The molecule has 2 aromatic heterocycles. The van der Waals surface area contributed by atoms with Gasteiger partial charge in [-0.05, 0) is 19.1 Å². The number of benzene rings is 1. The number of ether oxygens (including phenoxy) is 1. The van der Waals surface area contributed by atoms with Gasteiger partial charge in [0, 0.05) is 34.1 Å². The summed E-state index contributed by atoms with van der Waals surface area (Å²) >= 11 is 5.94. The molecular formula is C18H21ClF2N4O2S. The maximum atomic E-state index is 12.7. The minimum atomic E-state index is -2.54. The molecule has 0 bridgehead atoms. The number of alkyl halides is 2. The molecule has 2 heterocycles. The van der Waals surface area contributed by atoms with Crippen molar-refractivity contribution in [3.63, 3.8) is 0 Å². The Balaban J connectivity index is 0.00000136. The third kappa shape index (κ3) is 4.96. The Kier molecular flexibility index (Phi) is 7.70. The van der Waals surface area contributed by atoms with Crippen LogP contribution in [0.2, 0.25) is 5.02 Å². The Bertz CT molecular complexity index is 982. The molecule has 3 aromatic rings. The van der Waals surface area contributed by atoms with Crippen LogP contribution >= 0.6 is 11.6 Å². The number of rotatable bonds is 6. The molecule has 0 saturated carbocycles. The van der Waals surface area contributed by atoms with Gasteiger partial charge in [0.1, 0.15) is 0 Å². The van der Waals surface area contributed by atoms with Gasteiger partial charge < -0.3 is 9.72 Å². The lowest BCUT2D eigenvalue weighted by Crippen LogP contribution is -2.12. The Hall–Kier alpha value is -2.26. The second-order valence-electron chi connectivity index (χ2n) is 5.43. The summed E-state index contributed by atoms with van der Waals surface area (Å²) in [6.45, 7) is 5.57. The molecule has 1 aromatic carbocycles. The lowest BCUT2D eigenvalue weighted by Gasteiger charge is -2.12. The molecule has 0 spiro atoms. The number of hydrogen-bond donors (Lipinski definition) is 2. The Labute approximate surface area is 169 Å². The van der Waals surface area contributed by atoms with Gasteiger partial charge in [0.15, 0.2) is 11.0 Å². The molecule has 0 aliphatic heterocycles. The number of hydrogen-bond acceptors (Lipinski definition) is 4. The predicted molar refractivity (Wildman–Crippen MR) is 108 cm³/mol. The van der Waals surface area contributed by atoms with E-state index < -0.39 is 23.8 Å². The monoisotopic (exact) mass is 430 g/mol. The van der Waals surface area contributed by atoms with Gasteiger partial charge in [0.25, 0.3) is 0 Å². The molecule has 0 fully saturated rings. The second-order valence-corrected chi connectivity index (χ2v) is 7.05. The van der Waals surface area contributed by atoms with Gasteiger partial charge in [-0.3, -0.25) is 4.72 Å². The molecule has 28 heavy (non-hydrogen) atoms. The topological polar surface area (TPSA) is 79.9 Å². The molecule has 0 radical (unpaired) electrons. The van der Waals surface area contributed by atoms with Crippen molar-refractivity contribution in [2.24, 2.45) is 0 Å². The van der Waals surface area contributed by atoms with Crippen LogP contribution < -0.4 is 9.46 Å². The van der Waals surface area contributed by atoms with Crippen LogP contribution in [0.1, 0.15) is 25.1 Å². The highest BCUT2D eigenvalue weighted by atomic mass is 35.5. The molecule has 0 aliphatic rings. The smallest absolute Gasteiger partial charge is 0.242 e. The average molecular weight is 431 g/mol. The largest absolute Gasteiger partial charge is 0.481 e. The number of methoxy groups -OCH3 is 1. The summed E-state index contributed by atoms with van der Waals surface area (Å²) < 4.78 is 45.8. The molecule has 0 aliphatic carbocycles. The number of fused-ring (bicyclic) bond motifs is 1. The summed E-state index contributed by atoms with van der Waals surface area (Å²) in [7, 11) is -0.339. The van der Waals surface area contributed by atoms with E-state index in [1.807, 2.05) is 13.8 Å². The minimum Gasteiger partial charge on any atom is -0.481 e. The maximum absolute atomic E-state index is 12.7. The van der Waals surface area contributed by atoms with Crippen LogP contribution in [0.25, 0.3) is 10.9 Å². The fraction of sp³-hybridized carbons (Fsp3) is 0.333. The number of aromatic nitrogens is 3. The zero-order valence-electron chi connectivity index (χ0n) is 15.8. The predicted octanol–water partition coefficient (Wildman–Crippen LogP) is 4.90. The van der Waals surface area contributed by atoms with E-state index in [1.54, 1.807) is 31.3 Å². The van der Waals surface area contributed by atoms with Crippen molar-refractivity contribution < 1.29 is 17.7 Å². The van der Waals surface area contributed by atoms with Crippen LogP contribution in [-0.2, 0) is 17.4 Å². The van der Waals surface area contributed by atoms with Crippen LogP contribution in [-0.4, -0.2) is 32.7 Å². The SMILES string of the molecule is CC.COc1nc(NS(=O)c2c[nH]c3cc(Cl)ccc23)nc(C)c1CC(F)F. The number of nitrogens with zero attached hydrogens (tertiary/aromatic N) is 2. The van der Waals surface area contributed by atoms with Crippen LogP contribution in [0.5, 0.6) is 5.88 Å². The number of H-pyrrole nitrogens is 1. The van der Waals surface area contributed by atoms with Crippen molar-refractivity contribution in [3.05, 3.63) is 40.7 Å². The fourth-order valence-electron chi connectivity index (χ4n) is 2.54. The molecule has 1 unspecified atom stereocenters. The first-order chi connectivity index (χ1) is 13.4. The summed E-state index contributed by atoms with van der Waals surface area (Å²) in [5.74, 6) is 0.0574. The van der Waals surface area contributed by atoms with E-state index in [1.165, 1.54) is 7.11 Å². The van der Waals surface area contributed by atoms with Crippen molar-refractivity contribution in [2.45, 2.75) is 38.5 Å². The number of aryl methyl sites for hydroxylation is 1. The molecule has 152 valence electrons. The van der Waals surface area contributed by atoms with Gasteiger partial charge in [-0.15, -0.1) is 0 Å². The molecule has 3 rings (SSSR count). The van der Waals surface area contributed by atoms with Crippen molar-refractivity contribution >= 4 is 39.4 Å². The number of nitrogens with one attached hydrogen (secondary N) is 2. The van der Waals surface area contributed by atoms with Crippen molar-refractivity contribution in [3.8, 4) is 5.88 Å². The zero-order valence-corrected chi connectivity index (χ0v) is 17.4. The lowest BCUT2D eigenvalue weighted by molar-refractivity contribution is 0.147. The van der Waals surface area contributed by atoms with E-state index in [0.29, 0.717) is 15.6 Å². The van der Waals surface area contributed by atoms with Gasteiger partial charge in [-0.2, -0.15) is 4.98 Å². The number of aromatic amines is 1. The van der Waals surface area contributed by atoms with E-state index in [9.17, 15) is 13.0 Å². The van der Waals surface area contributed by atoms with E-state index in [0.717, 1.165) is 10.9 Å². The number of halogens is 3. The van der Waals surface area contributed by atoms with Crippen LogP contribution in [0, 0.1) is 6.92 Å². The number of anilines is 1. The molecule has 1 atom stereocenters. The van der Waals surface area contributed by atoms with Crippen LogP contribution in [0.3, 0.4) is 0 Å². The van der Waals surface area contributed by atoms with Gasteiger partial charge >= 0.3 is 0 Å². The molecule has 10 heteroatoms. The molecule has 0 amide bonds. The Morgan fingerprint density at radius 2 is 2.04 bits per heavy atom. The third-order valence-corrected chi connectivity index (χ3v) is 5.06. The quantitative estimate of drug-likeness (QED) is 0.583. The first-order valence-corrected chi connectivity index (χ1v) is 10.1. The second kappa shape index (κ2) is 9.79. The van der Waals surface area contributed by atoms with Crippen molar-refractivity contribution in [1.29, 1.82) is 0 Å². The third-order valence-electron chi connectivity index (χ3n) is 3.72. The average Bonchev–Trinajstić information content (AvgIpc) is 3.08.